The van der Waals surface area contributed by atoms with E-state index in [1.807, 2.05) is 76.2 Å². The monoisotopic (exact) mass is 526 g/mol. The van der Waals surface area contributed by atoms with Gasteiger partial charge in [-0.05, 0) is 98.5 Å². The van der Waals surface area contributed by atoms with Crippen LogP contribution in [0.5, 0.6) is 11.5 Å². The molecule has 1 amide bonds. The van der Waals surface area contributed by atoms with Gasteiger partial charge in [0.2, 0.25) is 6.23 Å². The smallest absolute Gasteiger partial charge is 0.280 e. The van der Waals surface area contributed by atoms with E-state index in [2.05, 4.69) is 10.3 Å². The fourth-order valence-electron chi connectivity index (χ4n) is 4.66. The van der Waals surface area contributed by atoms with E-state index < -0.39 is 12.1 Å². The Labute approximate surface area is 228 Å². The van der Waals surface area contributed by atoms with Crippen LogP contribution in [0, 0.1) is 27.7 Å². The van der Waals surface area contributed by atoms with Gasteiger partial charge in [-0.15, -0.1) is 0 Å². The van der Waals surface area contributed by atoms with Crippen molar-refractivity contribution in [3.63, 3.8) is 0 Å². The average Bonchev–Trinajstić information content (AvgIpc) is 2.86. The zero-order valence-corrected chi connectivity index (χ0v) is 22.6. The molecular formula is C30H34N6O3. The van der Waals surface area contributed by atoms with Crippen molar-refractivity contribution in [2.75, 3.05) is 24.2 Å². The molecule has 202 valence electrons. The second-order valence-electron chi connectivity index (χ2n) is 9.40. The quantitative estimate of drug-likeness (QED) is 0.224. The Balaban J connectivity index is 1.57. The molecule has 1 unspecified atom stereocenters. The molecule has 0 bridgehead atoms. The molecule has 39 heavy (non-hydrogen) atoms. The number of nitrogens with zero attached hydrogens (tertiary/aromatic N) is 2. The predicted molar refractivity (Wildman–Crippen MR) is 154 cm³/mol. The van der Waals surface area contributed by atoms with Gasteiger partial charge in [-0.2, -0.15) is 0 Å². The number of nitrogens with two attached hydrogens (primary N) is 3. The highest BCUT2D eigenvalue weighted by Gasteiger charge is 2.20. The summed E-state index contributed by atoms with van der Waals surface area (Å²) in [6.45, 7) is 8.80. The van der Waals surface area contributed by atoms with Gasteiger partial charge in [-0.25, -0.2) is 9.97 Å². The molecule has 2 aromatic heterocycles. The maximum atomic E-state index is 12.4. The number of nitrogen functional groups attached to an aromatic ring is 1. The van der Waals surface area contributed by atoms with Crippen molar-refractivity contribution in [2.45, 2.75) is 33.9 Å². The number of anilines is 2. The van der Waals surface area contributed by atoms with E-state index in [-0.39, 0.29) is 0 Å². The maximum Gasteiger partial charge on any atom is 0.280 e. The summed E-state index contributed by atoms with van der Waals surface area (Å²) < 4.78 is 11.7. The summed E-state index contributed by atoms with van der Waals surface area (Å²) in [5.74, 6) is 1.48. The molecule has 9 nitrogen and oxygen atoms in total. The first-order chi connectivity index (χ1) is 18.7. The van der Waals surface area contributed by atoms with Crippen molar-refractivity contribution in [1.82, 2.24) is 9.97 Å². The summed E-state index contributed by atoms with van der Waals surface area (Å²) in [6.07, 6.45) is -1.14. The Kier molecular flexibility index (Phi) is 8.31. The Bertz CT molecular complexity index is 1460. The van der Waals surface area contributed by atoms with Gasteiger partial charge in [-0.1, -0.05) is 12.1 Å². The highest BCUT2D eigenvalue weighted by molar-refractivity contribution is 5.82. The topological polar surface area (TPSA) is 151 Å². The number of aromatic nitrogens is 2. The highest BCUT2D eigenvalue weighted by Crippen LogP contribution is 2.32. The molecule has 0 spiro atoms. The summed E-state index contributed by atoms with van der Waals surface area (Å²) >= 11 is 0. The van der Waals surface area contributed by atoms with Crippen LogP contribution in [0.2, 0.25) is 0 Å². The van der Waals surface area contributed by atoms with Gasteiger partial charge in [0, 0.05) is 17.7 Å². The van der Waals surface area contributed by atoms with E-state index in [9.17, 15) is 4.79 Å². The van der Waals surface area contributed by atoms with Gasteiger partial charge < -0.3 is 32.0 Å². The summed E-state index contributed by atoms with van der Waals surface area (Å²) in [5.41, 5.74) is 24.5. The van der Waals surface area contributed by atoms with Crippen LogP contribution in [0.3, 0.4) is 0 Å². The number of primary amides is 1. The first kappa shape index (κ1) is 27.4. The van der Waals surface area contributed by atoms with Gasteiger partial charge >= 0.3 is 0 Å². The second kappa shape index (κ2) is 11.8. The minimum Gasteiger partial charge on any atom is -0.492 e. The largest absolute Gasteiger partial charge is 0.492 e. The molecule has 0 aliphatic carbocycles. The van der Waals surface area contributed by atoms with Crippen LogP contribution in [0.25, 0.3) is 22.5 Å². The van der Waals surface area contributed by atoms with Gasteiger partial charge in [-0.3, -0.25) is 4.79 Å². The maximum absolute atomic E-state index is 12.4. The van der Waals surface area contributed by atoms with Crippen LogP contribution in [0.4, 0.5) is 11.6 Å². The second-order valence-corrected chi connectivity index (χ2v) is 9.40. The summed E-state index contributed by atoms with van der Waals surface area (Å²) in [6, 6.07) is 18.7. The summed E-state index contributed by atoms with van der Waals surface area (Å²) in [4.78, 5) is 21.5. The third-order valence-corrected chi connectivity index (χ3v) is 6.22. The number of nitrogens with one attached hydrogen (secondary N) is 1. The number of aryl methyl sites for hydroxylation is 4. The van der Waals surface area contributed by atoms with Gasteiger partial charge in [0.1, 0.15) is 29.7 Å². The molecule has 0 saturated carbocycles. The molecule has 0 aliphatic heterocycles. The molecule has 4 rings (SSSR count). The van der Waals surface area contributed by atoms with Gasteiger partial charge in [0.25, 0.3) is 5.91 Å². The lowest BCUT2D eigenvalue weighted by atomic mass is 9.99. The number of amides is 1. The Morgan fingerprint density at radius 1 is 0.846 bits per heavy atom. The van der Waals surface area contributed by atoms with Crippen molar-refractivity contribution in [1.29, 1.82) is 0 Å². The van der Waals surface area contributed by atoms with Crippen LogP contribution in [-0.4, -0.2) is 35.3 Å². The van der Waals surface area contributed by atoms with E-state index in [0.29, 0.717) is 30.5 Å². The minimum atomic E-state index is -1.14. The predicted octanol–water partition coefficient (Wildman–Crippen LogP) is 4.27. The molecule has 1 atom stereocenters. The molecular weight excluding hydrogens is 492 g/mol. The number of rotatable bonds is 10. The molecule has 2 heterocycles. The zero-order valence-electron chi connectivity index (χ0n) is 22.6. The normalized spacial score (nSPS) is 11.6. The van der Waals surface area contributed by atoms with Crippen molar-refractivity contribution in [3.05, 3.63) is 82.9 Å². The van der Waals surface area contributed by atoms with Crippen LogP contribution in [0.1, 0.15) is 22.3 Å². The lowest BCUT2D eigenvalue weighted by Crippen LogP contribution is -2.40. The zero-order chi connectivity index (χ0) is 28.1. The lowest BCUT2D eigenvalue weighted by Gasteiger charge is -2.20. The standard InChI is InChI=1S/C30H34N6O3/c1-17-13-21(38-12-11-31)14-18(2)28(17)24-8-6-10-26(35-24)36-30(29(33)37)39-22-15-19(3)27(20(4)16-22)23-7-5-9-25(32)34-23/h5-10,13-16,30H,11-12,31H2,1-4H3,(H2,32,34)(H2,33,37)(H,35,36). The van der Waals surface area contributed by atoms with Crippen molar-refractivity contribution in [3.8, 4) is 34.0 Å². The molecule has 4 aromatic rings. The third-order valence-electron chi connectivity index (χ3n) is 6.22. The van der Waals surface area contributed by atoms with Crippen molar-refractivity contribution < 1.29 is 14.3 Å². The number of carbonyl (C=O) groups is 1. The lowest BCUT2D eigenvalue weighted by molar-refractivity contribution is -0.123. The molecule has 9 heteroatoms. The number of pyridine rings is 2. The fourth-order valence-corrected chi connectivity index (χ4v) is 4.66. The van der Waals surface area contributed by atoms with Crippen LogP contribution in [0.15, 0.2) is 60.7 Å². The number of hydrogen-bond donors (Lipinski definition) is 4. The van der Waals surface area contributed by atoms with E-state index in [1.165, 1.54) is 0 Å². The van der Waals surface area contributed by atoms with Crippen molar-refractivity contribution in [2.24, 2.45) is 11.5 Å². The van der Waals surface area contributed by atoms with E-state index in [4.69, 9.17) is 31.7 Å². The fraction of sp³-hybridized carbons (Fsp3) is 0.233. The van der Waals surface area contributed by atoms with Crippen molar-refractivity contribution >= 4 is 17.5 Å². The number of ether oxygens (including phenoxy) is 2. The van der Waals surface area contributed by atoms with Crippen LogP contribution in [-0.2, 0) is 4.79 Å². The Morgan fingerprint density at radius 2 is 1.38 bits per heavy atom. The molecule has 0 saturated heterocycles. The average molecular weight is 527 g/mol. The van der Waals surface area contributed by atoms with Crippen LogP contribution < -0.4 is 32.0 Å². The summed E-state index contributed by atoms with van der Waals surface area (Å²) in [5, 5.41) is 3.03. The molecule has 7 N–H and O–H groups in total. The Morgan fingerprint density at radius 3 is 1.92 bits per heavy atom. The summed E-state index contributed by atoms with van der Waals surface area (Å²) in [7, 11) is 0. The third kappa shape index (κ3) is 6.45. The minimum absolute atomic E-state index is 0.445. The van der Waals surface area contributed by atoms with E-state index >= 15 is 0 Å². The first-order valence-electron chi connectivity index (χ1n) is 12.6. The molecule has 0 fully saturated rings. The van der Waals surface area contributed by atoms with E-state index in [1.54, 1.807) is 12.1 Å². The molecule has 0 radical (unpaired) electrons. The van der Waals surface area contributed by atoms with Gasteiger partial charge in [0.15, 0.2) is 0 Å². The number of hydrogen-bond acceptors (Lipinski definition) is 8. The SMILES string of the molecule is Cc1cc(OC(Nc2cccc(-c3c(C)cc(OCCN)cc3C)n2)C(N)=O)cc(C)c1-c1cccc(N)n1. The first-order valence-corrected chi connectivity index (χ1v) is 12.6. The van der Waals surface area contributed by atoms with E-state index in [0.717, 1.165) is 50.5 Å². The highest BCUT2D eigenvalue weighted by atomic mass is 16.5. The Hall–Kier alpha value is -4.63. The molecule has 2 aromatic carbocycles. The number of benzene rings is 2. The van der Waals surface area contributed by atoms with Crippen LogP contribution >= 0.6 is 0 Å². The molecule has 0 aliphatic rings. The number of carbonyl (C=O) groups excluding carboxylic acids is 1. The van der Waals surface area contributed by atoms with Gasteiger partial charge in [0.05, 0.1) is 11.4 Å².